The summed E-state index contributed by atoms with van der Waals surface area (Å²) in [5, 5.41) is 0. The van der Waals surface area contributed by atoms with Gasteiger partial charge in [-0.1, -0.05) is 0 Å². The van der Waals surface area contributed by atoms with E-state index in [1.807, 2.05) is 0 Å². The topological polar surface area (TPSA) is 59.9 Å². The Hall–Kier alpha value is -0.850. The molecule has 0 atom stereocenters. The summed E-state index contributed by atoms with van der Waals surface area (Å²) in [6.07, 6.45) is 3.18. The van der Waals surface area contributed by atoms with E-state index in [9.17, 15) is 9.59 Å². The lowest BCUT2D eigenvalue weighted by Gasteiger charge is -1.90. The van der Waals surface area contributed by atoms with E-state index in [0.29, 0.717) is 11.8 Å². The van der Waals surface area contributed by atoms with Gasteiger partial charge in [0.1, 0.15) is 0 Å². The summed E-state index contributed by atoms with van der Waals surface area (Å²) in [5.41, 5.74) is 0.399. The van der Waals surface area contributed by atoms with E-state index in [-0.39, 0.29) is 9.61 Å². The number of halogens is 1. The highest BCUT2D eigenvalue weighted by Gasteiger charge is 2.01. The minimum atomic E-state index is -0.139. The molecule has 0 saturated heterocycles. The summed E-state index contributed by atoms with van der Waals surface area (Å²) >= 11 is 1.62. The number of carbonyl (C=O) groups is 2. The SMILES string of the molecule is O=Cc1ncc(C(=O)I)cn1. The maximum atomic E-state index is 10.7. The molecule has 0 spiro atoms. The van der Waals surface area contributed by atoms with Crippen molar-refractivity contribution in [2.24, 2.45) is 0 Å². The number of hydrogen-bond donors (Lipinski definition) is 0. The van der Waals surface area contributed by atoms with Crippen molar-refractivity contribution in [3.05, 3.63) is 23.8 Å². The molecule has 0 N–H and O–H groups in total. The maximum absolute atomic E-state index is 10.7. The van der Waals surface area contributed by atoms with E-state index in [1.54, 1.807) is 22.6 Å². The molecule has 0 unspecified atom stereocenters. The van der Waals surface area contributed by atoms with Gasteiger partial charge < -0.3 is 0 Å². The largest absolute Gasteiger partial charge is 0.294 e. The Labute approximate surface area is 76.2 Å². The molecule has 0 radical (unpaired) electrons. The van der Waals surface area contributed by atoms with E-state index in [2.05, 4.69) is 9.97 Å². The van der Waals surface area contributed by atoms with Gasteiger partial charge >= 0.3 is 0 Å². The summed E-state index contributed by atoms with van der Waals surface area (Å²) < 4.78 is -0.139. The first-order valence-corrected chi connectivity index (χ1v) is 3.79. The van der Waals surface area contributed by atoms with Crippen molar-refractivity contribution in [3.63, 3.8) is 0 Å². The molecule has 56 valence electrons. The Morgan fingerprint density at radius 2 is 2.00 bits per heavy atom. The van der Waals surface area contributed by atoms with Crippen LogP contribution >= 0.6 is 22.6 Å². The van der Waals surface area contributed by atoms with Gasteiger partial charge in [-0.05, 0) is 0 Å². The van der Waals surface area contributed by atoms with Gasteiger partial charge in [-0.2, -0.15) is 0 Å². The van der Waals surface area contributed by atoms with Crippen LogP contribution in [0.3, 0.4) is 0 Å². The quantitative estimate of drug-likeness (QED) is 0.450. The summed E-state index contributed by atoms with van der Waals surface area (Å²) in [6.45, 7) is 0. The first-order chi connectivity index (χ1) is 5.24. The molecule has 0 amide bonds. The molecule has 0 bridgehead atoms. The van der Waals surface area contributed by atoms with Crippen molar-refractivity contribution in [1.29, 1.82) is 0 Å². The average molecular weight is 262 g/mol. The lowest BCUT2D eigenvalue weighted by atomic mass is 10.4. The second-order valence-electron chi connectivity index (χ2n) is 1.72. The van der Waals surface area contributed by atoms with Crippen LogP contribution in [0.2, 0.25) is 0 Å². The van der Waals surface area contributed by atoms with Crippen LogP contribution in [0.4, 0.5) is 0 Å². The fourth-order valence-electron chi connectivity index (χ4n) is 0.500. The molecule has 0 aromatic carbocycles. The third-order valence-corrected chi connectivity index (χ3v) is 1.63. The number of aldehydes is 1. The molecule has 1 heterocycles. The molecule has 4 nitrogen and oxygen atoms in total. The molecule has 1 aromatic heterocycles. The van der Waals surface area contributed by atoms with E-state index in [1.165, 1.54) is 12.4 Å². The smallest absolute Gasteiger partial charge is 0.225 e. The molecular weight excluding hydrogens is 259 g/mol. The molecule has 0 aliphatic carbocycles. The lowest BCUT2D eigenvalue weighted by Crippen LogP contribution is -1.96. The second kappa shape index (κ2) is 3.51. The third-order valence-electron chi connectivity index (χ3n) is 1.00. The number of carbonyl (C=O) groups excluding carboxylic acids is 2. The fraction of sp³-hybridized carbons (Fsp3) is 0. The zero-order chi connectivity index (χ0) is 8.27. The summed E-state index contributed by atoms with van der Waals surface area (Å²) in [6, 6.07) is 0. The van der Waals surface area contributed by atoms with Gasteiger partial charge in [-0.15, -0.1) is 0 Å². The molecule has 5 heteroatoms. The highest BCUT2D eigenvalue weighted by atomic mass is 127. The van der Waals surface area contributed by atoms with Crippen LogP contribution in [-0.4, -0.2) is 20.0 Å². The number of hydrogen-bond acceptors (Lipinski definition) is 4. The lowest BCUT2D eigenvalue weighted by molar-refractivity contribution is 0.109. The molecule has 0 saturated carbocycles. The highest BCUT2D eigenvalue weighted by Crippen LogP contribution is 2.01. The Bertz CT molecular complexity index is 283. The second-order valence-corrected chi connectivity index (χ2v) is 2.70. The van der Waals surface area contributed by atoms with Crippen LogP contribution < -0.4 is 0 Å². The predicted octanol–water partition coefficient (Wildman–Crippen LogP) is 0.864. The number of nitrogens with zero attached hydrogens (tertiary/aromatic N) is 2. The zero-order valence-corrected chi connectivity index (χ0v) is 7.48. The normalized spacial score (nSPS) is 9.18. The highest BCUT2D eigenvalue weighted by molar-refractivity contribution is 14.1. The summed E-state index contributed by atoms with van der Waals surface area (Å²) in [4.78, 5) is 28.0. The molecule has 1 aromatic rings. The molecule has 0 aliphatic rings. The Kier molecular flexibility index (Phi) is 2.64. The van der Waals surface area contributed by atoms with Crippen molar-refractivity contribution < 1.29 is 9.59 Å². The van der Waals surface area contributed by atoms with E-state index in [0.717, 1.165) is 0 Å². The van der Waals surface area contributed by atoms with Gasteiger partial charge in [0.25, 0.3) is 0 Å². The van der Waals surface area contributed by atoms with Gasteiger partial charge in [0.2, 0.25) is 3.79 Å². The third kappa shape index (κ3) is 2.04. The van der Waals surface area contributed by atoms with Crippen molar-refractivity contribution in [3.8, 4) is 0 Å². The van der Waals surface area contributed by atoms with Gasteiger partial charge in [0.15, 0.2) is 12.1 Å². The monoisotopic (exact) mass is 262 g/mol. The summed E-state index contributed by atoms with van der Waals surface area (Å²) in [7, 11) is 0. The van der Waals surface area contributed by atoms with E-state index < -0.39 is 0 Å². The van der Waals surface area contributed by atoms with Gasteiger partial charge in [-0.3, -0.25) is 9.59 Å². The van der Waals surface area contributed by atoms with Crippen LogP contribution in [0.25, 0.3) is 0 Å². The van der Waals surface area contributed by atoms with Crippen LogP contribution in [0, 0.1) is 0 Å². The Morgan fingerprint density at radius 3 is 2.36 bits per heavy atom. The van der Waals surface area contributed by atoms with Gasteiger partial charge in [0, 0.05) is 35.0 Å². The minimum absolute atomic E-state index is 0.0893. The predicted molar refractivity (Wildman–Crippen MR) is 45.8 cm³/mol. The Balaban J connectivity index is 3.00. The van der Waals surface area contributed by atoms with Crippen LogP contribution in [-0.2, 0) is 0 Å². The van der Waals surface area contributed by atoms with Crippen molar-refractivity contribution in [1.82, 2.24) is 9.97 Å². The average Bonchev–Trinajstić information content (AvgIpc) is 2.05. The Morgan fingerprint density at radius 1 is 1.45 bits per heavy atom. The van der Waals surface area contributed by atoms with Crippen molar-refractivity contribution in [2.75, 3.05) is 0 Å². The molecule has 1 rings (SSSR count). The molecule has 0 aliphatic heterocycles. The number of rotatable bonds is 2. The van der Waals surface area contributed by atoms with E-state index >= 15 is 0 Å². The standard InChI is InChI=1S/C6H3IN2O2/c7-6(11)4-1-8-5(3-10)9-2-4/h1-3H. The molecular formula is C6H3IN2O2. The fourth-order valence-corrected chi connectivity index (χ4v) is 0.779. The van der Waals surface area contributed by atoms with Crippen LogP contribution in [0.1, 0.15) is 21.0 Å². The molecule has 0 fully saturated rings. The van der Waals surface area contributed by atoms with Crippen molar-refractivity contribution >= 4 is 32.7 Å². The van der Waals surface area contributed by atoms with Crippen molar-refractivity contribution in [2.45, 2.75) is 0 Å². The molecule has 11 heavy (non-hydrogen) atoms. The van der Waals surface area contributed by atoms with E-state index in [4.69, 9.17) is 0 Å². The first kappa shape index (κ1) is 8.25. The number of aromatic nitrogens is 2. The van der Waals surface area contributed by atoms with Crippen LogP contribution in [0.15, 0.2) is 12.4 Å². The summed E-state index contributed by atoms with van der Waals surface area (Å²) in [5.74, 6) is 0.0893. The maximum Gasteiger partial charge on any atom is 0.225 e. The zero-order valence-electron chi connectivity index (χ0n) is 5.32. The van der Waals surface area contributed by atoms with Gasteiger partial charge in [0.05, 0.1) is 5.56 Å². The minimum Gasteiger partial charge on any atom is -0.294 e. The van der Waals surface area contributed by atoms with Crippen LogP contribution in [0.5, 0.6) is 0 Å². The van der Waals surface area contributed by atoms with Gasteiger partial charge in [-0.25, -0.2) is 9.97 Å². The first-order valence-electron chi connectivity index (χ1n) is 2.71.